The average molecular weight is 505 g/mol. The van der Waals surface area contributed by atoms with Gasteiger partial charge in [-0.25, -0.2) is 0 Å². The highest BCUT2D eigenvalue weighted by atomic mass is 79.9. The van der Waals surface area contributed by atoms with E-state index in [1.54, 1.807) is 19.2 Å². The van der Waals surface area contributed by atoms with Crippen LogP contribution in [-0.4, -0.2) is 26.2 Å². The van der Waals surface area contributed by atoms with Crippen molar-refractivity contribution in [3.8, 4) is 17.2 Å². The Morgan fingerprint density at radius 3 is 2.55 bits per heavy atom. The quantitative estimate of drug-likeness (QED) is 0.438. The second kappa shape index (κ2) is 11.5. The molecule has 0 aliphatic heterocycles. The van der Waals surface area contributed by atoms with Crippen LogP contribution < -0.4 is 19.5 Å². The number of halogens is 3. The fourth-order valence-electron chi connectivity index (χ4n) is 2.40. The van der Waals surface area contributed by atoms with Gasteiger partial charge in [0.25, 0.3) is 5.91 Å². The number of rotatable bonds is 10. The van der Waals surface area contributed by atoms with Crippen LogP contribution in [0.25, 0.3) is 0 Å². The van der Waals surface area contributed by atoms with E-state index in [9.17, 15) is 4.79 Å². The lowest BCUT2D eigenvalue weighted by atomic mass is 10.1. The summed E-state index contributed by atoms with van der Waals surface area (Å²) in [7, 11) is 1.59. The van der Waals surface area contributed by atoms with Crippen LogP contribution in [0.5, 0.6) is 17.2 Å². The highest BCUT2D eigenvalue weighted by molar-refractivity contribution is 9.10. The van der Waals surface area contributed by atoms with E-state index >= 15 is 0 Å². The van der Waals surface area contributed by atoms with E-state index in [0.29, 0.717) is 50.8 Å². The van der Waals surface area contributed by atoms with Crippen molar-refractivity contribution >= 4 is 45.0 Å². The molecule has 0 saturated carbocycles. The fourth-order valence-corrected chi connectivity index (χ4v) is 3.77. The van der Waals surface area contributed by atoms with E-state index in [1.165, 1.54) is 0 Å². The van der Waals surface area contributed by atoms with Crippen LogP contribution in [0.15, 0.2) is 34.8 Å². The molecular weight excluding hydrogens is 481 g/mol. The Labute approximate surface area is 189 Å². The predicted octanol–water partition coefficient (Wildman–Crippen LogP) is 5.88. The number of amides is 1. The Kier molecular flexibility index (Phi) is 9.40. The monoisotopic (exact) mass is 503 g/mol. The van der Waals surface area contributed by atoms with Gasteiger partial charge in [-0.2, -0.15) is 0 Å². The lowest BCUT2D eigenvalue weighted by Gasteiger charge is -2.14. The van der Waals surface area contributed by atoms with Crippen molar-refractivity contribution < 1.29 is 19.0 Å². The highest BCUT2D eigenvalue weighted by Crippen LogP contribution is 2.36. The molecule has 2 aromatic carbocycles. The first kappa shape index (κ1) is 23.6. The summed E-state index contributed by atoms with van der Waals surface area (Å²) in [5.41, 5.74) is 0.886. The Balaban J connectivity index is 1.88. The molecule has 0 aliphatic carbocycles. The molecule has 29 heavy (non-hydrogen) atoms. The minimum absolute atomic E-state index is 0.173. The Morgan fingerprint density at radius 2 is 1.90 bits per heavy atom. The standard InChI is InChI=1S/C21H24BrCl2NO4/c1-13(2)6-7-28-18-5-4-14(8-19(18)27-3)11-25-20(26)12-29-21-16(22)9-15(23)10-17(21)24/h4-5,8-10,13H,6-7,11-12H2,1-3H3,(H,25,26). The lowest BCUT2D eigenvalue weighted by Crippen LogP contribution is -2.28. The Morgan fingerprint density at radius 1 is 1.14 bits per heavy atom. The molecule has 2 rings (SSSR count). The first-order chi connectivity index (χ1) is 13.8. The molecule has 0 aliphatic rings. The lowest BCUT2D eigenvalue weighted by molar-refractivity contribution is -0.123. The molecule has 0 heterocycles. The zero-order chi connectivity index (χ0) is 21.4. The van der Waals surface area contributed by atoms with Gasteiger partial charge in [-0.3, -0.25) is 4.79 Å². The first-order valence-corrected chi connectivity index (χ1v) is 10.7. The Bertz CT molecular complexity index is 822. The van der Waals surface area contributed by atoms with Crippen LogP contribution in [0, 0.1) is 5.92 Å². The van der Waals surface area contributed by atoms with Crippen LogP contribution in [0.4, 0.5) is 0 Å². The van der Waals surface area contributed by atoms with Gasteiger partial charge in [0, 0.05) is 11.6 Å². The largest absolute Gasteiger partial charge is 0.493 e. The van der Waals surface area contributed by atoms with Gasteiger partial charge in [-0.1, -0.05) is 43.1 Å². The number of carbonyl (C=O) groups excluding carboxylic acids is 1. The van der Waals surface area contributed by atoms with Crippen LogP contribution in [0.1, 0.15) is 25.8 Å². The second-order valence-electron chi connectivity index (χ2n) is 6.78. The summed E-state index contributed by atoms with van der Waals surface area (Å²) in [5.74, 6) is 1.98. The topological polar surface area (TPSA) is 56.8 Å². The molecule has 0 atom stereocenters. The normalized spacial score (nSPS) is 10.7. The summed E-state index contributed by atoms with van der Waals surface area (Å²) < 4.78 is 17.3. The van der Waals surface area contributed by atoms with Crippen molar-refractivity contribution in [2.45, 2.75) is 26.8 Å². The minimum Gasteiger partial charge on any atom is -0.493 e. The number of methoxy groups -OCH3 is 1. The van der Waals surface area contributed by atoms with Crippen molar-refractivity contribution in [2.75, 3.05) is 20.3 Å². The van der Waals surface area contributed by atoms with Gasteiger partial charge in [0.2, 0.25) is 0 Å². The smallest absolute Gasteiger partial charge is 0.258 e. The molecule has 0 aromatic heterocycles. The summed E-state index contributed by atoms with van der Waals surface area (Å²) in [6.07, 6.45) is 0.967. The summed E-state index contributed by atoms with van der Waals surface area (Å²) in [5, 5.41) is 3.61. The molecule has 0 bridgehead atoms. The summed E-state index contributed by atoms with van der Waals surface area (Å²) in [6.45, 7) is 5.09. The minimum atomic E-state index is -0.279. The van der Waals surface area contributed by atoms with Gasteiger partial charge in [-0.05, 0) is 58.1 Å². The zero-order valence-corrected chi connectivity index (χ0v) is 19.7. The molecular formula is C21H24BrCl2NO4. The molecule has 0 spiro atoms. The third-order valence-electron chi connectivity index (χ3n) is 3.98. The zero-order valence-electron chi connectivity index (χ0n) is 16.6. The fraction of sp³-hybridized carbons (Fsp3) is 0.381. The van der Waals surface area contributed by atoms with Crippen molar-refractivity contribution in [3.63, 3.8) is 0 Å². The summed E-state index contributed by atoms with van der Waals surface area (Å²) in [4.78, 5) is 12.1. The van der Waals surface area contributed by atoms with Crippen LogP contribution in [0.2, 0.25) is 10.0 Å². The maximum absolute atomic E-state index is 12.1. The number of nitrogens with one attached hydrogen (secondary N) is 1. The van der Waals surface area contributed by atoms with E-state index in [1.807, 2.05) is 18.2 Å². The second-order valence-corrected chi connectivity index (χ2v) is 8.48. The highest BCUT2D eigenvalue weighted by Gasteiger charge is 2.12. The molecule has 1 amide bonds. The maximum atomic E-state index is 12.1. The molecule has 1 N–H and O–H groups in total. The van der Waals surface area contributed by atoms with Crippen molar-refractivity contribution in [1.82, 2.24) is 5.32 Å². The number of ether oxygens (including phenoxy) is 3. The first-order valence-electron chi connectivity index (χ1n) is 9.14. The third-order valence-corrected chi connectivity index (χ3v) is 5.07. The molecule has 5 nitrogen and oxygen atoms in total. The van der Waals surface area contributed by atoms with Gasteiger partial charge >= 0.3 is 0 Å². The van der Waals surface area contributed by atoms with Crippen molar-refractivity contribution in [3.05, 3.63) is 50.4 Å². The average Bonchev–Trinajstić information content (AvgIpc) is 2.65. The van der Waals surface area contributed by atoms with Gasteiger partial charge in [0.1, 0.15) is 0 Å². The maximum Gasteiger partial charge on any atom is 0.258 e. The number of benzene rings is 2. The third kappa shape index (κ3) is 7.61. The number of hydrogen-bond acceptors (Lipinski definition) is 4. The van der Waals surface area contributed by atoms with Gasteiger partial charge in [0.05, 0.1) is 23.2 Å². The number of hydrogen-bond donors (Lipinski definition) is 1. The predicted molar refractivity (Wildman–Crippen MR) is 119 cm³/mol. The Hall–Kier alpha value is -1.63. The number of carbonyl (C=O) groups is 1. The SMILES string of the molecule is COc1cc(CNC(=O)COc2c(Cl)cc(Cl)cc2Br)ccc1OCCC(C)C. The van der Waals surface area contributed by atoms with E-state index in [2.05, 4.69) is 35.1 Å². The summed E-state index contributed by atoms with van der Waals surface area (Å²) >= 11 is 15.3. The van der Waals surface area contributed by atoms with E-state index in [0.717, 1.165) is 12.0 Å². The molecule has 0 radical (unpaired) electrons. The van der Waals surface area contributed by atoms with E-state index in [4.69, 9.17) is 37.4 Å². The molecule has 0 unspecified atom stereocenters. The van der Waals surface area contributed by atoms with Gasteiger partial charge in [0.15, 0.2) is 23.9 Å². The molecule has 8 heteroatoms. The van der Waals surface area contributed by atoms with E-state index < -0.39 is 0 Å². The van der Waals surface area contributed by atoms with Crippen LogP contribution >= 0.6 is 39.1 Å². The van der Waals surface area contributed by atoms with Crippen molar-refractivity contribution in [2.24, 2.45) is 5.92 Å². The van der Waals surface area contributed by atoms with Gasteiger partial charge < -0.3 is 19.5 Å². The van der Waals surface area contributed by atoms with E-state index in [-0.39, 0.29) is 12.5 Å². The molecule has 2 aromatic rings. The summed E-state index contributed by atoms with van der Waals surface area (Å²) in [6, 6.07) is 8.79. The van der Waals surface area contributed by atoms with Crippen molar-refractivity contribution in [1.29, 1.82) is 0 Å². The van der Waals surface area contributed by atoms with Gasteiger partial charge in [-0.15, -0.1) is 0 Å². The van der Waals surface area contributed by atoms with Crippen LogP contribution in [-0.2, 0) is 11.3 Å². The molecule has 158 valence electrons. The molecule has 0 saturated heterocycles. The van der Waals surface area contributed by atoms with Crippen LogP contribution in [0.3, 0.4) is 0 Å². The molecule has 0 fully saturated rings.